The van der Waals surface area contributed by atoms with E-state index in [9.17, 15) is 4.79 Å². The first-order chi connectivity index (χ1) is 4.22. The third-order valence-electron chi connectivity index (χ3n) is 1.12. The first-order valence-corrected chi connectivity index (χ1v) is 3.43. The highest BCUT2D eigenvalue weighted by Gasteiger charge is 2.03. The maximum Gasteiger partial charge on any atom is 0.249 e. The molecule has 0 bridgehead atoms. The Kier molecular flexibility index (Phi) is 1.53. The van der Waals surface area contributed by atoms with Gasteiger partial charge in [0.05, 0.1) is 5.56 Å². The molecule has 1 aromatic heterocycles. The molecule has 0 radical (unpaired) electrons. The van der Waals surface area contributed by atoms with E-state index in [1.807, 2.05) is 12.3 Å². The van der Waals surface area contributed by atoms with Crippen LogP contribution in [0.3, 0.4) is 0 Å². The van der Waals surface area contributed by atoms with E-state index in [2.05, 4.69) is 0 Å². The number of carbonyl (C=O) groups excluding carboxylic acids is 1. The summed E-state index contributed by atoms with van der Waals surface area (Å²) in [6.07, 6.45) is 0. The average molecular weight is 141 g/mol. The number of aryl methyl sites for hydroxylation is 1. The Hall–Kier alpha value is -0.830. The van der Waals surface area contributed by atoms with Crippen molar-refractivity contribution in [2.24, 2.45) is 5.73 Å². The van der Waals surface area contributed by atoms with E-state index in [0.717, 1.165) is 4.88 Å². The zero-order chi connectivity index (χ0) is 6.85. The Balaban J connectivity index is 3.08. The minimum Gasteiger partial charge on any atom is -0.366 e. The Morgan fingerprint density at radius 3 is 2.67 bits per heavy atom. The lowest BCUT2D eigenvalue weighted by molar-refractivity contribution is 0.100. The maximum absolute atomic E-state index is 10.5. The van der Waals surface area contributed by atoms with Crippen LogP contribution in [-0.4, -0.2) is 5.91 Å². The second-order valence-electron chi connectivity index (χ2n) is 1.75. The average Bonchev–Trinajstić information content (AvgIpc) is 2.13. The van der Waals surface area contributed by atoms with Gasteiger partial charge in [0.1, 0.15) is 0 Å². The molecule has 0 aliphatic rings. The van der Waals surface area contributed by atoms with Gasteiger partial charge in [-0.3, -0.25) is 4.79 Å². The Bertz CT molecular complexity index is 229. The molecule has 0 atom stereocenters. The van der Waals surface area contributed by atoms with Crippen LogP contribution in [0.15, 0.2) is 11.4 Å². The van der Waals surface area contributed by atoms with E-state index >= 15 is 0 Å². The van der Waals surface area contributed by atoms with Gasteiger partial charge in [-0.15, -0.1) is 11.3 Å². The molecule has 0 aromatic carbocycles. The van der Waals surface area contributed by atoms with Crippen molar-refractivity contribution >= 4 is 17.2 Å². The maximum atomic E-state index is 10.5. The molecular formula is C6H7NOS. The molecule has 0 spiro atoms. The van der Waals surface area contributed by atoms with Crippen molar-refractivity contribution in [3.05, 3.63) is 21.9 Å². The number of primary amides is 1. The monoisotopic (exact) mass is 141 g/mol. The van der Waals surface area contributed by atoms with Crippen LogP contribution in [0.1, 0.15) is 15.2 Å². The molecule has 0 saturated carbocycles. The van der Waals surface area contributed by atoms with E-state index in [1.54, 1.807) is 6.07 Å². The number of nitrogens with two attached hydrogens (primary N) is 1. The van der Waals surface area contributed by atoms with E-state index in [0.29, 0.717) is 5.56 Å². The topological polar surface area (TPSA) is 43.1 Å². The van der Waals surface area contributed by atoms with E-state index in [4.69, 9.17) is 5.73 Å². The Morgan fingerprint density at radius 1 is 1.78 bits per heavy atom. The molecule has 0 fully saturated rings. The summed E-state index contributed by atoms with van der Waals surface area (Å²) in [5.74, 6) is -0.339. The van der Waals surface area contributed by atoms with Crippen LogP contribution in [0.5, 0.6) is 0 Å². The minimum absolute atomic E-state index is 0.339. The summed E-state index contributed by atoms with van der Waals surface area (Å²) in [5.41, 5.74) is 5.67. The number of amides is 1. The van der Waals surface area contributed by atoms with Crippen LogP contribution in [-0.2, 0) is 0 Å². The second-order valence-corrected chi connectivity index (χ2v) is 2.87. The minimum atomic E-state index is -0.339. The molecule has 9 heavy (non-hydrogen) atoms. The summed E-state index contributed by atoms with van der Waals surface area (Å²) in [6, 6.07) is 1.74. The van der Waals surface area contributed by atoms with Gasteiger partial charge in [0.2, 0.25) is 5.91 Å². The Labute approximate surface area is 57.3 Å². The largest absolute Gasteiger partial charge is 0.366 e. The van der Waals surface area contributed by atoms with Crippen LogP contribution in [0.2, 0.25) is 0 Å². The van der Waals surface area contributed by atoms with Crippen molar-refractivity contribution in [2.45, 2.75) is 6.92 Å². The van der Waals surface area contributed by atoms with Crippen molar-refractivity contribution in [1.29, 1.82) is 0 Å². The van der Waals surface area contributed by atoms with Gasteiger partial charge >= 0.3 is 0 Å². The zero-order valence-electron chi connectivity index (χ0n) is 5.05. The summed E-state index contributed by atoms with van der Waals surface area (Å²) in [7, 11) is 0. The highest BCUT2D eigenvalue weighted by atomic mass is 32.1. The number of carbonyl (C=O) groups is 1. The first-order valence-electron chi connectivity index (χ1n) is 2.55. The summed E-state index contributed by atoms with van der Waals surface area (Å²) in [5, 5.41) is 1.86. The summed E-state index contributed by atoms with van der Waals surface area (Å²) >= 11 is 1.53. The predicted molar refractivity (Wildman–Crippen MR) is 37.6 cm³/mol. The summed E-state index contributed by atoms with van der Waals surface area (Å²) in [4.78, 5) is 11.5. The zero-order valence-corrected chi connectivity index (χ0v) is 5.87. The lowest BCUT2D eigenvalue weighted by Gasteiger charge is -1.87. The highest BCUT2D eigenvalue weighted by Crippen LogP contribution is 2.13. The molecule has 2 nitrogen and oxygen atoms in total. The van der Waals surface area contributed by atoms with Gasteiger partial charge in [0.25, 0.3) is 0 Å². The van der Waals surface area contributed by atoms with Crippen LogP contribution in [0, 0.1) is 6.92 Å². The third-order valence-corrected chi connectivity index (χ3v) is 1.97. The molecule has 1 amide bonds. The molecule has 1 aromatic rings. The molecule has 3 heteroatoms. The highest BCUT2D eigenvalue weighted by molar-refractivity contribution is 7.10. The van der Waals surface area contributed by atoms with Crippen molar-refractivity contribution in [3.8, 4) is 0 Å². The van der Waals surface area contributed by atoms with Crippen molar-refractivity contribution in [3.63, 3.8) is 0 Å². The van der Waals surface area contributed by atoms with E-state index in [-0.39, 0.29) is 5.91 Å². The fourth-order valence-electron chi connectivity index (χ4n) is 0.641. The molecule has 1 heterocycles. The quantitative estimate of drug-likeness (QED) is 0.626. The van der Waals surface area contributed by atoms with Gasteiger partial charge in [-0.25, -0.2) is 0 Å². The number of thiophene rings is 1. The fourth-order valence-corrected chi connectivity index (χ4v) is 1.34. The van der Waals surface area contributed by atoms with Crippen molar-refractivity contribution in [2.75, 3.05) is 0 Å². The smallest absolute Gasteiger partial charge is 0.249 e. The van der Waals surface area contributed by atoms with Gasteiger partial charge in [-0.2, -0.15) is 0 Å². The molecule has 2 N–H and O–H groups in total. The normalized spacial score (nSPS) is 9.44. The third kappa shape index (κ3) is 1.10. The number of hydrogen-bond donors (Lipinski definition) is 1. The molecule has 0 aliphatic heterocycles. The van der Waals surface area contributed by atoms with Gasteiger partial charge < -0.3 is 5.73 Å². The molecule has 0 saturated heterocycles. The van der Waals surface area contributed by atoms with Gasteiger partial charge in [0.15, 0.2) is 0 Å². The van der Waals surface area contributed by atoms with E-state index in [1.165, 1.54) is 11.3 Å². The predicted octanol–water partition coefficient (Wildman–Crippen LogP) is 1.16. The van der Waals surface area contributed by atoms with Crippen LogP contribution in [0.4, 0.5) is 0 Å². The van der Waals surface area contributed by atoms with Crippen LogP contribution >= 0.6 is 11.3 Å². The first kappa shape index (κ1) is 6.29. The van der Waals surface area contributed by atoms with Gasteiger partial charge in [-0.1, -0.05) is 0 Å². The number of rotatable bonds is 1. The molecule has 1 rings (SSSR count). The lowest BCUT2D eigenvalue weighted by atomic mass is 10.3. The molecular weight excluding hydrogens is 134 g/mol. The molecule has 48 valence electrons. The van der Waals surface area contributed by atoms with Crippen LogP contribution < -0.4 is 5.73 Å². The Morgan fingerprint density at radius 2 is 2.44 bits per heavy atom. The van der Waals surface area contributed by atoms with E-state index < -0.39 is 0 Å². The second kappa shape index (κ2) is 2.19. The fraction of sp³-hybridized carbons (Fsp3) is 0.167. The number of hydrogen-bond acceptors (Lipinski definition) is 2. The molecule has 0 unspecified atom stereocenters. The lowest BCUT2D eigenvalue weighted by Crippen LogP contribution is -2.10. The van der Waals surface area contributed by atoms with Crippen molar-refractivity contribution < 1.29 is 4.79 Å². The van der Waals surface area contributed by atoms with Gasteiger partial charge in [0, 0.05) is 4.88 Å². The van der Waals surface area contributed by atoms with Crippen LogP contribution in [0.25, 0.3) is 0 Å². The van der Waals surface area contributed by atoms with Crippen molar-refractivity contribution in [1.82, 2.24) is 0 Å². The standard InChI is InChI=1S/C6H7NOS/c1-4-5(6(7)8)2-3-9-4/h2-3H,1H3,(H2,7,8). The van der Waals surface area contributed by atoms with Gasteiger partial charge in [-0.05, 0) is 18.4 Å². The SMILES string of the molecule is Cc1sccc1C(N)=O. The summed E-state index contributed by atoms with van der Waals surface area (Å²) < 4.78 is 0. The summed E-state index contributed by atoms with van der Waals surface area (Å²) in [6.45, 7) is 1.88. The molecule has 0 aliphatic carbocycles.